The molecule has 25 heavy (non-hydrogen) atoms. The SMILES string of the molecule is CCC(=N)C(C)(C)S(=O)(=O)C(C)c1cc(OCC2CC2)ccc1CF. The third-order valence-electron chi connectivity index (χ3n) is 5.14. The van der Waals surface area contributed by atoms with Crippen LogP contribution in [0.5, 0.6) is 5.75 Å². The molecule has 0 aromatic heterocycles. The van der Waals surface area contributed by atoms with Crippen molar-refractivity contribution in [3.05, 3.63) is 29.3 Å². The van der Waals surface area contributed by atoms with Crippen molar-refractivity contribution in [3.63, 3.8) is 0 Å². The smallest absolute Gasteiger partial charge is 0.167 e. The Morgan fingerprint density at radius 3 is 2.56 bits per heavy atom. The fourth-order valence-electron chi connectivity index (χ4n) is 2.87. The number of nitrogens with one attached hydrogen (secondary N) is 1. The van der Waals surface area contributed by atoms with Crippen molar-refractivity contribution < 1.29 is 17.5 Å². The number of benzene rings is 1. The number of sulfone groups is 1. The van der Waals surface area contributed by atoms with Gasteiger partial charge in [0, 0.05) is 5.71 Å². The molecule has 0 bridgehead atoms. The Balaban J connectivity index is 2.36. The molecule has 6 heteroatoms. The molecule has 2 rings (SSSR count). The van der Waals surface area contributed by atoms with Gasteiger partial charge in [0.1, 0.15) is 17.2 Å². The van der Waals surface area contributed by atoms with Gasteiger partial charge in [-0.15, -0.1) is 0 Å². The van der Waals surface area contributed by atoms with E-state index in [0.717, 1.165) is 12.8 Å². The Morgan fingerprint density at radius 1 is 1.40 bits per heavy atom. The van der Waals surface area contributed by atoms with E-state index in [-0.39, 0.29) is 5.71 Å². The van der Waals surface area contributed by atoms with E-state index in [1.165, 1.54) is 0 Å². The largest absolute Gasteiger partial charge is 0.493 e. The van der Waals surface area contributed by atoms with Crippen molar-refractivity contribution in [2.24, 2.45) is 5.92 Å². The number of hydrogen-bond acceptors (Lipinski definition) is 4. The first-order valence-corrected chi connectivity index (χ1v) is 10.3. The second kappa shape index (κ2) is 7.44. The third-order valence-corrected chi connectivity index (χ3v) is 7.99. The van der Waals surface area contributed by atoms with Crippen LogP contribution in [0.3, 0.4) is 0 Å². The van der Waals surface area contributed by atoms with Gasteiger partial charge in [-0.25, -0.2) is 12.8 Å². The molecule has 1 fully saturated rings. The molecular formula is C19H28FNO3S. The quantitative estimate of drug-likeness (QED) is 0.645. The second-order valence-corrected chi connectivity index (χ2v) is 10.1. The maximum absolute atomic E-state index is 13.4. The number of hydrogen-bond donors (Lipinski definition) is 1. The average molecular weight is 370 g/mol. The van der Waals surface area contributed by atoms with Gasteiger partial charge < -0.3 is 10.1 Å². The lowest BCUT2D eigenvalue weighted by Crippen LogP contribution is -2.42. The van der Waals surface area contributed by atoms with Gasteiger partial charge in [0.25, 0.3) is 0 Å². The molecule has 0 amide bonds. The lowest BCUT2D eigenvalue weighted by Gasteiger charge is -2.30. The fraction of sp³-hybridized carbons (Fsp3) is 0.632. The Morgan fingerprint density at radius 2 is 2.04 bits per heavy atom. The molecule has 140 valence electrons. The van der Waals surface area contributed by atoms with Crippen molar-refractivity contribution in [2.75, 3.05) is 6.61 Å². The molecule has 1 aromatic rings. The number of halogens is 1. The van der Waals surface area contributed by atoms with Crippen LogP contribution in [-0.4, -0.2) is 25.5 Å². The highest BCUT2D eigenvalue weighted by Crippen LogP contribution is 2.37. The van der Waals surface area contributed by atoms with Gasteiger partial charge in [-0.1, -0.05) is 13.0 Å². The summed E-state index contributed by atoms with van der Waals surface area (Å²) < 4.78 is 44.1. The first kappa shape index (κ1) is 19.9. The van der Waals surface area contributed by atoms with Crippen molar-refractivity contribution in [3.8, 4) is 5.75 Å². The van der Waals surface area contributed by atoms with Gasteiger partial charge >= 0.3 is 0 Å². The molecule has 0 heterocycles. The van der Waals surface area contributed by atoms with Crippen molar-refractivity contribution >= 4 is 15.5 Å². The van der Waals surface area contributed by atoms with Crippen LogP contribution in [0.4, 0.5) is 4.39 Å². The zero-order valence-electron chi connectivity index (χ0n) is 15.4. The van der Waals surface area contributed by atoms with Crippen LogP contribution in [0.15, 0.2) is 18.2 Å². The summed E-state index contributed by atoms with van der Waals surface area (Å²) >= 11 is 0. The topological polar surface area (TPSA) is 67.2 Å². The minimum atomic E-state index is -3.72. The summed E-state index contributed by atoms with van der Waals surface area (Å²) in [4.78, 5) is 0. The van der Waals surface area contributed by atoms with Crippen LogP contribution in [-0.2, 0) is 16.5 Å². The summed E-state index contributed by atoms with van der Waals surface area (Å²) in [6.45, 7) is 6.31. The molecule has 1 aliphatic carbocycles. The molecule has 1 aliphatic rings. The predicted octanol–water partition coefficient (Wildman–Crippen LogP) is 4.63. The maximum Gasteiger partial charge on any atom is 0.167 e. The Kier molecular flexibility index (Phi) is 5.92. The predicted molar refractivity (Wildman–Crippen MR) is 98.9 cm³/mol. The van der Waals surface area contributed by atoms with E-state index < -0.39 is 26.5 Å². The normalized spacial score (nSPS) is 16.5. The van der Waals surface area contributed by atoms with Crippen molar-refractivity contribution in [1.82, 2.24) is 0 Å². The minimum Gasteiger partial charge on any atom is -0.493 e. The molecule has 1 aromatic carbocycles. The Labute approximate surface area is 150 Å². The van der Waals surface area contributed by atoms with Gasteiger partial charge in [0.2, 0.25) is 0 Å². The van der Waals surface area contributed by atoms with Crippen molar-refractivity contribution in [2.45, 2.75) is 63.6 Å². The van der Waals surface area contributed by atoms with Gasteiger partial charge in [0.15, 0.2) is 9.84 Å². The molecule has 1 atom stereocenters. The van der Waals surface area contributed by atoms with Crippen LogP contribution in [0.25, 0.3) is 0 Å². The van der Waals surface area contributed by atoms with Gasteiger partial charge in [-0.05, 0) is 69.2 Å². The highest BCUT2D eigenvalue weighted by atomic mass is 32.2. The highest BCUT2D eigenvalue weighted by molar-refractivity contribution is 7.93. The van der Waals surface area contributed by atoms with Gasteiger partial charge in [-0.3, -0.25) is 0 Å². The van der Waals surface area contributed by atoms with E-state index in [1.807, 2.05) is 0 Å². The van der Waals surface area contributed by atoms with Crippen LogP contribution in [0.2, 0.25) is 0 Å². The molecule has 1 N–H and O–H groups in total. The van der Waals surface area contributed by atoms with E-state index in [0.29, 0.717) is 35.8 Å². The molecule has 1 saturated carbocycles. The molecule has 0 spiro atoms. The first-order chi connectivity index (χ1) is 11.6. The van der Waals surface area contributed by atoms with E-state index in [2.05, 4.69) is 0 Å². The molecule has 0 aliphatic heterocycles. The van der Waals surface area contributed by atoms with Crippen LogP contribution < -0.4 is 4.74 Å². The highest BCUT2D eigenvalue weighted by Gasteiger charge is 2.42. The van der Waals surface area contributed by atoms with Crippen molar-refractivity contribution in [1.29, 1.82) is 5.41 Å². The molecule has 1 unspecified atom stereocenters. The molecular weight excluding hydrogens is 341 g/mol. The minimum absolute atomic E-state index is 0.155. The average Bonchev–Trinajstić information content (AvgIpc) is 3.42. The van der Waals surface area contributed by atoms with Gasteiger partial charge in [-0.2, -0.15) is 0 Å². The first-order valence-electron chi connectivity index (χ1n) is 8.78. The summed E-state index contributed by atoms with van der Waals surface area (Å²) in [6.07, 6.45) is 2.68. The zero-order valence-corrected chi connectivity index (χ0v) is 16.2. The van der Waals surface area contributed by atoms with Gasteiger partial charge in [0.05, 0.1) is 11.9 Å². The van der Waals surface area contributed by atoms with Crippen LogP contribution >= 0.6 is 0 Å². The fourth-order valence-corrected chi connectivity index (χ4v) is 4.79. The Hall–Kier alpha value is -1.43. The number of rotatable bonds is 9. The number of alkyl halides is 1. The maximum atomic E-state index is 13.4. The molecule has 0 saturated heterocycles. The number of ether oxygens (including phenoxy) is 1. The van der Waals surface area contributed by atoms with E-state index in [4.69, 9.17) is 10.1 Å². The summed E-state index contributed by atoms with van der Waals surface area (Å²) in [5.74, 6) is 1.15. The zero-order chi connectivity index (χ0) is 18.8. The summed E-state index contributed by atoms with van der Waals surface area (Å²) in [5.41, 5.74) is 0.934. The van der Waals surface area contributed by atoms with E-state index in [1.54, 1.807) is 45.9 Å². The van der Waals surface area contributed by atoms with E-state index in [9.17, 15) is 12.8 Å². The second-order valence-electron chi connectivity index (χ2n) is 7.28. The lowest BCUT2D eigenvalue weighted by molar-refractivity contribution is 0.299. The third kappa shape index (κ3) is 4.05. The molecule has 0 radical (unpaired) electrons. The standard InChI is InChI=1S/C19H28FNO3S/c1-5-18(21)19(3,4)25(22,23)13(2)17-10-16(9-8-15(17)11-20)24-12-14-6-7-14/h8-10,13-14,21H,5-7,11-12H2,1-4H3. The lowest BCUT2D eigenvalue weighted by atomic mass is 10.0. The van der Waals surface area contributed by atoms with E-state index >= 15 is 0 Å². The summed E-state index contributed by atoms with van der Waals surface area (Å²) in [5, 5.41) is 7.12. The summed E-state index contributed by atoms with van der Waals surface area (Å²) in [6, 6.07) is 4.94. The van der Waals surface area contributed by atoms with Crippen LogP contribution in [0.1, 0.15) is 63.3 Å². The van der Waals surface area contributed by atoms with Crippen LogP contribution in [0, 0.1) is 11.3 Å². The monoisotopic (exact) mass is 369 g/mol. The molecule has 4 nitrogen and oxygen atoms in total. The Bertz CT molecular complexity index is 739. The summed E-state index contributed by atoms with van der Waals surface area (Å²) in [7, 11) is -3.72.